The van der Waals surface area contributed by atoms with E-state index < -0.39 is 6.10 Å². The van der Waals surface area contributed by atoms with Gasteiger partial charge in [0.15, 0.2) is 6.10 Å². The van der Waals surface area contributed by atoms with Crippen molar-refractivity contribution in [1.82, 2.24) is 20.2 Å². The number of nitrogens with one attached hydrogen (secondary N) is 1. The van der Waals surface area contributed by atoms with Crippen molar-refractivity contribution in [1.29, 1.82) is 0 Å². The Balaban J connectivity index is 1.59. The van der Waals surface area contributed by atoms with Crippen molar-refractivity contribution in [3.05, 3.63) is 60.4 Å². The first kappa shape index (κ1) is 16.6. The summed E-state index contributed by atoms with van der Waals surface area (Å²) in [5.41, 5.74) is 2.72. The molecule has 0 unspecified atom stereocenters. The number of tetrazole rings is 1. The molecule has 1 heterocycles. The van der Waals surface area contributed by atoms with E-state index in [9.17, 15) is 4.79 Å². The first-order valence-corrected chi connectivity index (χ1v) is 8.05. The first-order chi connectivity index (χ1) is 12.2. The van der Waals surface area contributed by atoms with Crippen molar-refractivity contribution < 1.29 is 9.53 Å². The Hall–Kier alpha value is -3.22. The van der Waals surface area contributed by atoms with Gasteiger partial charge in [0, 0.05) is 5.69 Å². The van der Waals surface area contributed by atoms with E-state index in [1.165, 1.54) is 16.6 Å². The van der Waals surface area contributed by atoms with Crippen LogP contribution in [0.2, 0.25) is 0 Å². The van der Waals surface area contributed by atoms with Crippen LogP contribution < -0.4 is 10.1 Å². The first-order valence-electron chi connectivity index (χ1n) is 8.05. The molecule has 7 heteroatoms. The monoisotopic (exact) mass is 337 g/mol. The highest BCUT2D eigenvalue weighted by Crippen LogP contribution is 2.16. The number of benzene rings is 2. The van der Waals surface area contributed by atoms with Gasteiger partial charge in [-0.2, -0.15) is 0 Å². The number of carbonyl (C=O) groups excluding carboxylic acids is 1. The molecular formula is C18H19N5O2. The summed E-state index contributed by atoms with van der Waals surface area (Å²) in [4.78, 5) is 12.3. The number of hydrogen-bond donors (Lipinski definition) is 1. The van der Waals surface area contributed by atoms with Crippen molar-refractivity contribution in [3.8, 4) is 11.4 Å². The highest BCUT2D eigenvalue weighted by atomic mass is 16.5. The Morgan fingerprint density at radius 2 is 1.88 bits per heavy atom. The largest absolute Gasteiger partial charge is 0.481 e. The van der Waals surface area contributed by atoms with E-state index in [0.29, 0.717) is 11.4 Å². The predicted octanol–water partition coefficient (Wildman–Crippen LogP) is 2.63. The summed E-state index contributed by atoms with van der Waals surface area (Å²) in [5, 5.41) is 13.8. The van der Waals surface area contributed by atoms with E-state index in [1.54, 1.807) is 19.1 Å². The molecule has 7 nitrogen and oxygen atoms in total. The van der Waals surface area contributed by atoms with Crippen LogP contribution in [0.4, 0.5) is 5.69 Å². The van der Waals surface area contributed by atoms with Crippen LogP contribution in [0.5, 0.6) is 5.75 Å². The minimum absolute atomic E-state index is 0.213. The zero-order valence-electron chi connectivity index (χ0n) is 14.1. The maximum atomic E-state index is 12.3. The summed E-state index contributed by atoms with van der Waals surface area (Å²) in [5.74, 6) is 0.462. The van der Waals surface area contributed by atoms with Crippen molar-refractivity contribution in [2.24, 2.45) is 0 Å². The molecule has 1 amide bonds. The van der Waals surface area contributed by atoms with Gasteiger partial charge in [0.1, 0.15) is 12.1 Å². The second-order valence-electron chi connectivity index (χ2n) is 5.55. The lowest BCUT2D eigenvalue weighted by Gasteiger charge is -2.15. The quantitative estimate of drug-likeness (QED) is 0.748. The highest BCUT2D eigenvalue weighted by molar-refractivity contribution is 5.94. The Morgan fingerprint density at radius 3 is 2.48 bits per heavy atom. The molecule has 3 rings (SSSR count). The number of rotatable bonds is 6. The van der Waals surface area contributed by atoms with Gasteiger partial charge in [-0.25, -0.2) is 4.68 Å². The minimum Gasteiger partial charge on any atom is -0.481 e. The second-order valence-corrected chi connectivity index (χ2v) is 5.55. The number of carbonyl (C=O) groups is 1. The molecule has 0 radical (unpaired) electrons. The van der Waals surface area contributed by atoms with E-state index in [2.05, 4.69) is 27.8 Å². The lowest BCUT2D eigenvalue weighted by molar-refractivity contribution is -0.122. The number of aromatic nitrogens is 4. The summed E-state index contributed by atoms with van der Waals surface area (Å²) >= 11 is 0. The van der Waals surface area contributed by atoms with Gasteiger partial charge in [0.2, 0.25) is 0 Å². The molecule has 0 saturated carbocycles. The van der Waals surface area contributed by atoms with Crippen molar-refractivity contribution >= 4 is 11.6 Å². The lowest BCUT2D eigenvalue weighted by Crippen LogP contribution is -2.30. The normalized spacial score (nSPS) is 11.8. The topological polar surface area (TPSA) is 81.9 Å². The fraction of sp³-hybridized carbons (Fsp3) is 0.222. The van der Waals surface area contributed by atoms with E-state index in [0.717, 1.165) is 12.1 Å². The summed E-state index contributed by atoms with van der Waals surface area (Å²) in [6.45, 7) is 3.81. The number of hydrogen-bond acceptors (Lipinski definition) is 5. The Bertz CT molecular complexity index is 814. The van der Waals surface area contributed by atoms with Crippen LogP contribution in [0.25, 0.3) is 5.69 Å². The molecule has 0 aliphatic heterocycles. The average Bonchev–Trinajstić information content (AvgIpc) is 3.17. The third-order valence-corrected chi connectivity index (χ3v) is 3.76. The molecule has 1 aromatic heterocycles. The molecule has 2 aromatic carbocycles. The molecule has 128 valence electrons. The van der Waals surface area contributed by atoms with Gasteiger partial charge in [-0.1, -0.05) is 19.1 Å². The molecule has 0 aliphatic carbocycles. The van der Waals surface area contributed by atoms with Gasteiger partial charge in [-0.05, 0) is 65.7 Å². The maximum absolute atomic E-state index is 12.3. The molecule has 3 aromatic rings. The Morgan fingerprint density at radius 1 is 1.16 bits per heavy atom. The molecule has 0 fully saturated rings. The van der Waals surface area contributed by atoms with Gasteiger partial charge in [-0.3, -0.25) is 4.79 Å². The number of aryl methyl sites for hydroxylation is 1. The van der Waals surface area contributed by atoms with Gasteiger partial charge >= 0.3 is 0 Å². The van der Waals surface area contributed by atoms with Crippen molar-refractivity contribution in [3.63, 3.8) is 0 Å². The van der Waals surface area contributed by atoms with Gasteiger partial charge in [0.25, 0.3) is 5.91 Å². The average molecular weight is 337 g/mol. The van der Waals surface area contributed by atoms with Crippen LogP contribution >= 0.6 is 0 Å². The number of anilines is 1. The molecule has 0 saturated heterocycles. The van der Waals surface area contributed by atoms with Crippen LogP contribution in [-0.2, 0) is 11.2 Å². The Labute approximate surface area is 145 Å². The number of nitrogens with zero attached hydrogens (tertiary/aromatic N) is 4. The summed E-state index contributed by atoms with van der Waals surface area (Å²) in [6.07, 6.45) is 1.87. The van der Waals surface area contributed by atoms with Crippen LogP contribution in [0.15, 0.2) is 54.9 Å². The van der Waals surface area contributed by atoms with Crippen molar-refractivity contribution in [2.75, 3.05) is 5.32 Å². The fourth-order valence-corrected chi connectivity index (χ4v) is 2.28. The molecule has 0 bridgehead atoms. The van der Waals surface area contributed by atoms with Crippen LogP contribution in [0.1, 0.15) is 19.4 Å². The van der Waals surface area contributed by atoms with Crippen LogP contribution in [0.3, 0.4) is 0 Å². The summed E-state index contributed by atoms with van der Waals surface area (Å²) < 4.78 is 7.23. The molecule has 0 spiro atoms. The zero-order valence-corrected chi connectivity index (χ0v) is 14.1. The molecule has 25 heavy (non-hydrogen) atoms. The number of amides is 1. The lowest BCUT2D eigenvalue weighted by atomic mass is 10.2. The highest BCUT2D eigenvalue weighted by Gasteiger charge is 2.15. The smallest absolute Gasteiger partial charge is 0.265 e. The minimum atomic E-state index is -0.605. The second kappa shape index (κ2) is 7.57. The SMILES string of the molecule is CCc1ccc(O[C@H](C)C(=O)Nc2ccc(-n3cnnn3)cc2)cc1. The van der Waals surface area contributed by atoms with E-state index >= 15 is 0 Å². The van der Waals surface area contributed by atoms with E-state index in [4.69, 9.17) is 4.74 Å². The predicted molar refractivity (Wildman–Crippen MR) is 93.7 cm³/mol. The van der Waals surface area contributed by atoms with E-state index in [-0.39, 0.29) is 5.91 Å². The zero-order chi connectivity index (χ0) is 17.6. The van der Waals surface area contributed by atoms with Crippen molar-refractivity contribution in [2.45, 2.75) is 26.4 Å². The van der Waals surface area contributed by atoms with Crippen LogP contribution in [0, 0.1) is 0 Å². The fourth-order valence-electron chi connectivity index (χ4n) is 2.28. The third-order valence-electron chi connectivity index (χ3n) is 3.76. The molecule has 1 atom stereocenters. The molecule has 1 N–H and O–H groups in total. The molecule has 0 aliphatic rings. The Kier molecular flexibility index (Phi) is 5.03. The van der Waals surface area contributed by atoms with Crippen LogP contribution in [-0.4, -0.2) is 32.2 Å². The number of ether oxygens (including phenoxy) is 1. The summed E-state index contributed by atoms with van der Waals surface area (Å²) in [6, 6.07) is 15.0. The molecular weight excluding hydrogens is 318 g/mol. The van der Waals surface area contributed by atoms with Gasteiger partial charge in [0.05, 0.1) is 5.69 Å². The third kappa shape index (κ3) is 4.20. The van der Waals surface area contributed by atoms with Gasteiger partial charge in [-0.15, -0.1) is 5.10 Å². The van der Waals surface area contributed by atoms with E-state index in [1.807, 2.05) is 36.4 Å². The van der Waals surface area contributed by atoms with Gasteiger partial charge < -0.3 is 10.1 Å². The summed E-state index contributed by atoms with van der Waals surface area (Å²) in [7, 11) is 0. The maximum Gasteiger partial charge on any atom is 0.265 e. The standard InChI is InChI=1S/C18H19N5O2/c1-3-14-4-10-17(11-5-14)25-13(2)18(24)20-15-6-8-16(9-7-15)23-12-19-21-22-23/h4-13H,3H2,1-2H3,(H,20,24)/t13-/m1/s1.